The second kappa shape index (κ2) is 6.43. The van der Waals surface area contributed by atoms with Gasteiger partial charge in [-0.2, -0.15) is 0 Å². The Morgan fingerprint density at radius 3 is 2.62 bits per heavy atom. The number of thiazole rings is 1. The number of hydrogen-bond donors (Lipinski definition) is 2. The smallest absolute Gasteiger partial charge is 0.323 e. The Labute approximate surface area is 128 Å². The van der Waals surface area contributed by atoms with Crippen molar-refractivity contribution < 1.29 is 14.7 Å². The summed E-state index contributed by atoms with van der Waals surface area (Å²) in [7, 11) is 0. The zero-order valence-electron chi connectivity index (χ0n) is 12.4. The third kappa shape index (κ3) is 3.53. The van der Waals surface area contributed by atoms with Crippen molar-refractivity contribution in [2.45, 2.75) is 39.5 Å². The zero-order valence-corrected chi connectivity index (χ0v) is 13.2. The summed E-state index contributed by atoms with van der Waals surface area (Å²) in [5.74, 6) is -0.736. The van der Waals surface area contributed by atoms with Crippen LogP contribution in [0.15, 0.2) is 5.38 Å². The van der Waals surface area contributed by atoms with E-state index < -0.39 is 11.4 Å². The maximum Gasteiger partial charge on any atom is 0.323 e. The lowest BCUT2D eigenvalue weighted by atomic mass is 9.75. The van der Waals surface area contributed by atoms with Gasteiger partial charge in [0.25, 0.3) is 0 Å². The van der Waals surface area contributed by atoms with E-state index in [2.05, 4.69) is 10.3 Å². The van der Waals surface area contributed by atoms with Crippen LogP contribution in [0.3, 0.4) is 0 Å². The Kier molecular flexibility index (Phi) is 4.82. The summed E-state index contributed by atoms with van der Waals surface area (Å²) in [4.78, 5) is 29.5. The molecule has 0 saturated carbocycles. The predicted octanol–water partition coefficient (Wildman–Crippen LogP) is 2.95. The van der Waals surface area contributed by atoms with Gasteiger partial charge in [-0.1, -0.05) is 13.3 Å². The van der Waals surface area contributed by atoms with Crippen molar-refractivity contribution >= 4 is 28.5 Å². The summed E-state index contributed by atoms with van der Waals surface area (Å²) in [6.45, 7) is 4.82. The minimum absolute atomic E-state index is 0.195. The maximum absolute atomic E-state index is 12.1. The number of carbonyl (C=O) groups is 2. The monoisotopic (exact) mass is 311 g/mol. The van der Waals surface area contributed by atoms with E-state index in [4.69, 9.17) is 0 Å². The van der Waals surface area contributed by atoms with Crippen molar-refractivity contribution in [2.24, 2.45) is 5.41 Å². The Morgan fingerprint density at radius 2 is 2.14 bits per heavy atom. The molecule has 6 nitrogen and oxygen atoms in total. The molecule has 1 aliphatic heterocycles. The van der Waals surface area contributed by atoms with Crippen LogP contribution < -0.4 is 5.32 Å². The lowest BCUT2D eigenvalue weighted by Gasteiger charge is -2.38. The minimum Gasteiger partial charge on any atom is -0.481 e. The van der Waals surface area contributed by atoms with E-state index >= 15 is 0 Å². The van der Waals surface area contributed by atoms with E-state index in [0.717, 1.165) is 12.1 Å². The fourth-order valence-electron chi connectivity index (χ4n) is 2.77. The number of hydrogen-bond acceptors (Lipinski definition) is 4. The molecule has 0 atom stereocenters. The van der Waals surface area contributed by atoms with Crippen LogP contribution in [0.5, 0.6) is 0 Å². The van der Waals surface area contributed by atoms with Crippen LogP contribution in [-0.2, 0) is 4.79 Å². The molecule has 0 spiro atoms. The number of carboxylic acids is 1. The first-order chi connectivity index (χ1) is 9.97. The number of carboxylic acid groups (broad SMARTS) is 1. The lowest BCUT2D eigenvalue weighted by Crippen LogP contribution is -2.47. The number of likely N-dealkylation sites (tertiary alicyclic amines) is 1. The number of amides is 2. The molecule has 2 N–H and O–H groups in total. The molecule has 1 aromatic heterocycles. The molecule has 0 aromatic carbocycles. The molecular formula is C14H21N3O3S. The van der Waals surface area contributed by atoms with Crippen LogP contribution in [0.25, 0.3) is 0 Å². The van der Waals surface area contributed by atoms with Crippen LogP contribution in [0, 0.1) is 12.3 Å². The van der Waals surface area contributed by atoms with Crippen molar-refractivity contribution in [2.75, 3.05) is 18.4 Å². The predicted molar refractivity (Wildman–Crippen MR) is 81.7 cm³/mol. The summed E-state index contributed by atoms with van der Waals surface area (Å²) in [5.41, 5.74) is 0.213. The molecule has 0 aliphatic carbocycles. The third-order valence-corrected chi connectivity index (χ3v) is 4.90. The molecule has 7 heteroatoms. The Balaban J connectivity index is 1.93. The normalized spacial score (nSPS) is 17.5. The number of piperidine rings is 1. The second-order valence-electron chi connectivity index (χ2n) is 5.55. The number of nitrogens with one attached hydrogen (secondary N) is 1. The summed E-state index contributed by atoms with van der Waals surface area (Å²) < 4.78 is 0. The van der Waals surface area contributed by atoms with E-state index in [9.17, 15) is 14.7 Å². The van der Waals surface area contributed by atoms with Crippen molar-refractivity contribution in [3.8, 4) is 0 Å². The van der Waals surface area contributed by atoms with Crippen LogP contribution in [-0.4, -0.2) is 40.1 Å². The van der Waals surface area contributed by atoms with Gasteiger partial charge in [0, 0.05) is 18.5 Å². The Bertz CT molecular complexity index is 521. The van der Waals surface area contributed by atoms with Crippen molar-refractivity contribution in [1.82, 2.24) is 9.88 Å². The molecule has 21 heavy (non-hydrogen) atoms. The van der Waals surface area contributed by atoms with Gasteiger partial charge < -0.3 is 10.0 Å². The van der Waals surface area contributed by atoms with E-state index in [-0.39, 0.29) is 6.03 Å². The molecule has 1 aliphatic rings. The number of aryl methyl sites for hydroxylation is 1. The standard InChI is InChI=1S/C14H21N3O3S/c1-3-4-14(11(18)19)5-7-17(8-6-14)13(20)16-12-15-10(2)9-21-12/h9H,3-8H2,1-2H3,(H,18,19)(H,15,16,20). The highest BCUT2D eigenvalue weighted by molar-refractivity contribution is 7.13. The number of aromatic nitrogens is 1. The van der Waals surface area contributed by atoms with Gasteiger partial charge in [-0.15, -0.1) is 11.3 Å². The molecule has 116 valence electrons. The quantitative estimate of drug-likeness (QED) is 0.895. The van der Waals surface area contributed by atoms with E-state index in [1.54, 1.807) is 4.90 Å². The van der Waals surface area contributed by atoms with Gasteiger partial charge in [0.1, 0.15) is 0 Å². The molecule has 2 amide bonds. The fraction of sp³-hybridized carbons (Fsp3) is 0.643. The first-order valence-corrected chi connectivity index (χ1v) is 8.06. The Hall–Kier alpha value is -1.63. The largest absolute Gasteiger partial charge is 0.481 e. The lowest BCUT2D eigenvalue weighted by molar-refractivity contribution is -0.152. The molecule has 2 rings (SSSR count). The highest BCUT2D eigenvalue weighted by Gasteiger charge is 2.41. The van der Waals surface area contributed by atoms with Crippen LogP contribution in [0.4, 0.5) is 9.93 Å². The summed E-state index contributed by atoms with van der Waals surface area (Å²) in [6.07, 6.45) is 2.54. The van der Waals surface area contributed by atoms with Gasteiger partial charge in [-0.3, -0.25) is 10.1 Å². The first kappa shape index (κ1) is 15.8. The Morgan fingerprint density at radius 1 is 1.48 bits per heavy atom. The molecule has 1 fully saturated rings. The maximum atomic E-state index is 12.1. The topological polar surface area (TPSA) is 82.5 Å². The van der Waals surface area contributed by atoms with Crippen LogP contribution in [0.1, 0.15) is 38.3 Å². The third-order valence-electron chi connectivity index (χ3n) is 4.02. The van der Waals surface area contributed by atoms with Gasteiger partial charge in [-0.05, 0) is 26.2 Å². The van der Waals surface area contributed by atoms with Gasteiger partial charge in [0.15, 0.2) is 5.13 Å². The fourth-order valence-corrected chi connectivity index (χ4v) is 3.45. The number of urea groups is 1. The minimum atomic E-state index is -0.736. The van der Waals surface area contributed by atoms with E-state index in [0.29, 0.717) is 37.5 Å². The highest BCUT2D eigenvalue weighted by atomic mass is 32.1. The van der Waals surface area contributed by atoms with Crippen molar-refractivity contribution in [3.63, 3.8) is 0 Å². The molecular weight excluding hydrogens is 290 g/mol. The molecule has 2 heterocycles. The van der Waals surface area contributed by atoms with Gasteiger partial charge in [0.05, 0.1) is 11.1 Å². The average molecular weight is 311 g/mol. The SMILES string of the molecule is CCCC1(C(=O)O)CCN(C(=O)Nc2nc(C)cs2)CC1. The molecule has 1 saturated heterocycles. The first-order valence-electron chi connectivity index (χ1n) is 7.18. The van der Waals surface area contributed by atoms with Gasteiger partial charge >= 0.3 is 12.0 Å². The van der Waals surface area contributed by atoms with Crippen molar-refractivity contribution in [3.05, 3.63) is 11.1 Å². The number of nitrogens with zero attached hydrogens (tertiary/aromatic N) is 2. The average Bonchev–Trinajstić information content (AvgIpc) is 2.85. The van der Waals surface area contributed by atoms with Crippen LogP contribution in [0.2, 0.25) is 0 Å². The van der Waals surface area contributed by atoms with Gasteiger partial charge in [0.2, 0.25) is 0 Å². The van der Waals surface area contributed by atoms with Gasteiger partial charge in [-0.25, -0.2) is 9.78 Å². The van der Waals surface area contributed by atoms with E-state index in [1.807, 2.05) is 19.2 Å². The molecule has 0 radical (unpaired) electrons. The van der Waals surface area contributed by atoms with E-state index in [1.165, 1.54) is 11.3 Å². The number of rotatable bonds is 4. The number of anilines is 1. The highest BCUT2D eigenvalue weighted by Crippen LogP contribution is 2.36. The summed E-state index contributed by atoms with van der Waals surface area (Å²) in [5, 5.41) is 14.7. The summed E-state index contributed by atoms with van der Waals surface area (Å²) >= 11 is 1.39. The molecule has 1 aromatic rings. The molecule has 0 bridgehead atoms. The number of carbonyl (C=O) groups excluding carboxylic acids is 1. The second-order valence-corrected chi connectivity index (χ2v) is 6.40. The number of aliphatic carboxylic acids is 1. The zero-order chi connectivity index (χ0) is 15.5. The molecule has 0 unspecified atom stereocenters. The van der Waals surface area contributed by atoms with Crippen LogP contribution >= 0.6 is 11.3 Å². The summed E-state index contributed by atoms with van der Waals surface area (Å²) in [6, 6.07) is -0.195. The van der Waals surface area contributed by atoms with Crippen molar-refractivity contribution in [1.29, 1.82) is 0 Å².